The van der Waals surface area contributed by atoms with E-state index >= 15 is 0 Å². The molecule has 2 aliphatic heterocycles. The van der Waals surface area contributed by atoms with Gasteiger partial charge in [0.2, 0.25) is 5.91 Å². The summed E-state index contributed by atoms with van der Waals surface area (Å²) >= 11 is 8.13. The number of ether oxygens (including phenoxy) is 1. The molecule has 3 fully saturated rings. The fraction of sp³-hybridized carbons (Fsp3) is 0.632. The third kappa shape index (κ3) is 3.44. The Morgan fingerprint density at radius 1 is 1.28 bits per heavy atom. The number of carbonyl (C=O) groups excluding carboxylic acids is 1. The molecule has 1 atom stereocenters. The van der Waals surface area contributed by atoms with Crippen LogP contribution in [0, 0.1) is 0 Å². The van der Waals surface area contributed by atoms with Crippen molar-refractivity contribution < 1.29 is 9.53 Å². The fourth-order valence-corrected chi connectivity index (χ4v) is 5.77. The number of amides is 1. The Morgan fingerprint density at radius 3 is 2.72 bits per heavy atom. The number of hydrogen-bond acceptors (Lipinski definition) is 4. The van der Waals surface area contributed by atoms with E-state index in [-0.39, 0.29) is 16.9 Å². The van der Waals surface area contributed by atoms with E-state index in [0.717, 1.165) is 63.4 Å². The van der Waals surface area contributed by atoms with E-state index in [2.05, 4.69) is 10.2 Å². The molecular formula is C19H25ClN2O2S. The maximum atomic E-state index is 13.0. The van der Waals surface area contributed by atoms with Crippen LogP contribution in [0.3, 0.4) is 0 Å². The highest BCUT2D eigenvalue weighted by molar-refractivity contribution is 7.99. The van der Waals surface area contributed by atoms with Crippen LogP contribution in [0.25, 0.3) is 0 Å². The standard InChI is InChI=1S/C19H25ClN2O2S/c20-16-3-1-2-15(12-16)19(4-5-19)17(23)21-13-18(6-11-25-14-18)22-7-9-24-10-8-22/h1-3,12H,4-11,13-14H2,(H,21,23). The van der Waals surface area contributed by atoms with Gasteiger partial charge in [-0.05, 0) is 42.7 Å². The second kappa shape index (κ2) is 7.10. The van der Waals surface area contributed by atoms with E-state index in [0.29, 0.717) is 5.02 Å². The lowest BCUT2D eigenvalue weighted by atomic mass is 9.92. The van der Waals surface area contributed by atoms with E-state index in [9.17, 15) is 4.79 Å². The summed E-state index contributed by atoms with van der Waals surface area (Å²) in [5.74, 6) is 2.43. The molecule has 6 heteroatoms. The molecule has 1 N–H and O–H groups in total. The molecule has 0 radical (unpaired) electrons. The molecule has 2 heterocycles. The molecule has 1 aromatic carbocycles. The molecule has 2 saturated heterocycles. The first-order valence-electron chi connectivity index (χ1n) is 9.10. The van der Waals surface area contributed by atoms with Gasteiger partial charge in [-0.15, -0.1) is 0 Å². The number of rotatable bonds is 5. The predicted molar refractivity (Wildman–Crippen MR) is 102 cm³/mol. The molecule has 4 rings (SSSR count). The van der Waals surface area contributed by atoms with Gasteiger partial charge in [0.25, 0.3) is 0 Å². The molecule has 0 spiro atoms. The van der Waals surface area contributed by atoms with Gasteiger partial charge in [-0.1, -0.05) is 23.7 Å². The average molecular weight is 381 g/mol. The third-order valence-electron chi connectivity index (χ3n) is 5.90. The van der Waals surface area contributed by atoms with Crippen LogP contribution in [0.2, 0.25) is 5.02 Å². The zero-order valence-corrected chi connectivity index (χ0v) is 16.0. The summed E-state index contributed by atoms with van der Waals surface area (Å²) in [7, 11) is 0. The van der Waals surface area contributed by atoms with Crippen molar-refractivity contribution in [1.82, 2.24) is 10.2 Å². The number of nitrogens with zero attached hydrogens (tertiary/aromatic N) is 1. The highest BCUT2D eigenvalue weighted by Gasteiger charge is 2.52. The molecule has 1 saturated carbocycles. The van der Waals surface area contributed by atoms with E-state index in [1.165, 1.54) is 5.75 Å². The second-order valence-corrected chi connectivity index (χ2v) is 8.94. The van der Waals surface area contributed by atoms with Crippen molar-refractivity contribution >= 4 is 29.3 Å². The monoisotopic (exact) mass is 380 g/mol. The number of morpholine rings is 1. The van der Waals surface area contributed by atoms with Crippen LogP contribution in [0.1, 0.15) is 24.8 Å². The highest BCUT2D eigenvalue weighted by atomic mass is 35.5. The van der Waals surface area contributed by atoms with Gasteiger partial charge in [0, 0.05) is 35.9 Å². The zero-order valence-electron chi connectivity index (χ0n) is 14.4. The first-order valence-corrected chi connectivity index (χ1v) is 10.6. The van der Waals surface area contributed by atoms with Gasteiger partial charge in [-0.3, -0.25) is 9.69 Å². The number of carbonyl (C=O) groups is 1. The van der Waals surface area contributed by atoms with Crippen molar-refractivity contribution in [1.29, 1.82) is 0 Å². The Kier molecular flexibility index (Phi) is 5.02. The topological polar surface area (TPSA) is 41.6 Å². The lowest BCUT2D eigenvalue weighted by Gasteiger charge is -2.43. The summed E-state index contributed by atoms with van der Waals surface area (Å²) in [6.07, 6.45) is 2.97. The molecule has 25 heavy (non-hydrogen) atoms. The van der Waals surface area contributed by atoms with Crippen molar-refractivity contribution in [2.75, 3.05) is 44.4 Å². The van der Waals surface area contributed by atoms with Gasteiger partial charge < -0.3 is 10.1 Å². The van der Waals surface area contributed by atoms with Gasteiger partial charge in [-0.2, -0.15) is 11.8 Å². The number of nitrogens with one attached hydrogen (secondary N) is 1. The maximum absolute atomic E-state index is 13.0. The normalized spacial score (nSPS) is 28.7. The molecule has 0 aromatic heterocycles. The average Bonchev–Trinajstić information content (AvgIpc) is 3.32. The summed E-state index contributed by atoms with van der Waals surface area (Å²) in [5.41, 5.74) is 0.788. The zero-order chi connectivity index (χ0) is 17.3. The number of hydrogen-bond donors (Lipinski definition) is 1. The second-order valence-electron chi connectivity index (χ2n) is 7.40. The van der Waals surface area contributed by atoms with Gasteiger partial charge >= 0.3 is 0 Å². The van der Waals surface area contributed by atoms with Crippen molar-refractivity contribution in [2.24, 2.45) is 0 Å². The van der Waals surface area contributed by atoms with Crippen LogP contribution < -0.4 is 5.32 Å². The quantitative estimate of drug-likeness (QED) is 0.852. The molecule has 1 amide bonds. The van der Waals surface area contributed by atoms with E-state index < -0.39 is 0 Å². The molecule has 1 aromatic rings. The van der Waals surface area contributed by atoms with Crippen LogP contribution in [0.15, 0.2) is 24.3 Å². The van der Waals surface area contributed by atoms with Crippen LogP contribution in [-0.4, -0.2) is 60.7 Å². The molecule has 4 nitrogen and oxygen atoms in total. The molecule has 136 valence electrons. The van der Waals surface area contributed by atoms with E-state index in [4.69, 9.17) is 16.3 Å². The largest absolute Gasteiger partial charge is 0.379 e. The predicted octanol–water partition coefficient (Wildman–Crippen LogP) is 2.70. The number of halogens is 1. The van der Waals surface area contributed by atoms with Crippen molar-refractivity contribution in [3.8, 4) is 0 Å². The number of thioether (sulfide) groups is 1. The molecule has 1 aliphatic carbocycles. The van der Waals surface area contributed by atoms with Crippen molar-refractivity contribution in [2.45, 2.75) is 30.2 Å². The van der Waals surface area contributed by atoms with Gasteiger partial charge in [0.05, 0.1) is 18.6 Å². The van der Waals surface area contributed by atoms with Crippen LogP contribution >= 0.6 is 23.4 Å². The smallest absolute Gasteiger partial charge is 0.230 e. The highest BCUT2D eigenvalue weighted by Crippen LogP contribution is 2.49. The Hall–Kier alpha value is -0.750. The summed E-state index contributed by atoms with van der Waals surface area (Å²) in [4.78, 5) is 15.6. The lowest BCUT2D eigenvalue weighted by Crippen LogP contribution is -2.59. The van der Waals surface area contributed by atoms with E-state index in [1.807, 2.05) is 36.0 Å². The Balaban J connectivity index is 1.45. The summed E-state index contributed by atoms with van der Waals surface area (Å²) in [6, 6.07) is 7.77. The van der Waals surface area contributed by atoms with Gasteiger partial charge in [0.1, 0.15) is 0 Å². The van der Waals surface area contributed by atoms with Gasteiger partial charge in [-0.25, -0.2) is 0 Å². The molecule has 0 bridgehead atoms. The third-order valence-corrected chi connectivity index (χ3v) is 7.37. The molecule has 1 unspecified atom stereocenters. The van der Waals surface area contributed by atoms with Crippen molar-refractivity contribution in [3.63, 3.8) is 0 Å². The Morgan fingerprint density at radius 2 is 2.08 bits per heavy atom. The number of benzene rings is 1. The van der Waals surface area contributed by atoms with Crippen LogP contribution in [0.5, 0.6) is 0 Å². The Labute approximate surface area is 158 Å². The minimum Gasteiger partial charge on any atom is -0.379 e. The summed E-state index contributed by atoms with van der Waals surface area (Å²) < 4.78 is 5.51. The van der Waals surface area contributed by atoms with Crippen LogP contribution in [0.4, 0.5) is 0 Å². The minimum absolute atomic E-state index is 0.0918. The minimum atomic E-state index is -0.358. The first-order chi connectivity index (χ1) is 12.1. The molecular weight excluding hydrogens is 356 g/mol. The summed E-state index contributed by atoms with van der Waals surface area (Å²) in [5, 5.41) is 4.01. The maximum Gasteiger partial charge on any atom is 0.230 e. The lowest BCUT2D eigenvalue weighted by molar-refractivity contribution is -0.124. The van der Waals surface area contributed by atoms with Crippen molar-refractivity contribution in [3.05, 3.63) is 34.9 Å². The SMILES string of the molecule is O=C(NCC1(N2CCOCC2)CCSC1)C1(c2cccc(Cl)c2)CC1. The molecule has 3 aliphatic rings. The first kappa shape index (κ1) is 17.7. The fourth-order valence-electron chi connectivity index (χ4n) is 4.11. The van der Waals surface area contributed by atoms with Gasteiger partial charge in [0.15, 0.2) is 0 Å². The Bertz CT molecular complexity index is 638. The van der Waals surface area contributed by atoms with Crippen LogP contribution in [-0.2, 0) is 14.9 Å². The van der Waals surface area contributed by atoms with E-state index in [1.54, 1.807) is 0 Å². The summed E-state index contributed by atoms with van der Waals surface area (Å²) in [6.45, 7) is 4.27.